The molecule has 0 saturated carbocycles. The van der Waals surface area contributed by atoms with Crippen molar-refractivity contribution >= 4 is 18.0 Å². The Morgan fingerprint density at radius 3 is 2.67 bits per heavy atom. The molecule has 4 heteroatoms. The number of nitrogens with two attached hydrogens (primary N) is 1. The summed E-state index contributed by atoms with van der Waals surface area (Å²) in [5.74, 6) is -1.43. The molecule has 0 radical (unpaired) electrons. The van der Waals surface area contributed by atoms with Crippen LogP contribution in [0.5, 0.6) is 0 Å². The molecule has 0 aliphatic heterocycles. The molecule has 1 aliphatic rings. The van der Waals surface area contributed by atoms with Crippen molar-refractivity contribution in [2.45, 2.75) is 6.42 Å². The molecule has 0 aromatic heterocycles. The van der Waals surface area contributed by atoms with Crippen molar-refractivity contribution < 1.29 is 14.7 Å². The minimum absolute atomic E-state index is 0.218. The van der Waals surface area contributed by atoms with Gasteiger partial charge in [0, 0.05) is 12.0 Å². The van der Waals surface area contributed by atoms with E-state index in [4.69, 9.17) is 10.8 Å². The topological polar surface area (TPSA) is 80.4 Å². The normalized spacial score (nSPS) is 13.2. The van der Waals surface area contributed by atoms with Gasteiger partial charge in [0.1, 0.15) is 0 Å². The first-order valence-corrected chi connectivity index (χ1v) is 4.44. The van der Waals surface area contributed by atoms with Gasteiger partial charge in [-0.25, -0.2) is 4.79 Å². The first-order valence-electron chi connectivity index (χ1n) is 4.44. The Bertz CT molecular complexity index is 489. The molecule has 76 valence electrons. The Balaban J connectivity index is 2.43. The van der Waals surface area contributed by atoms with Crippen molar-refractivity contribution in [1.82, 2.24) is 0 Å². The van der Waals surface area contributed by atoms with Crippen LogP contribution in [0, 0.1) is 0 Å². The Labute approximate surface area is 86.0 Å². The van der Waals surface area contributed by atoms with Crippen molar-refractivity contribution in [2.75, 3.05) is 0 Å². The van der Waals surface area contributed by atoms with E-state index in [-0.39, 0.29) is 5.56 Å². The highest BCUT2D eigenvalue weighted by Crippen LogP contribution is 2.25. The van der Waals surface area contributed by atoms with Gasteiger partial charge >= 0.3 is 5.97 Å². The Morgan fingerprint density at radius 2 is 2.07 bits per heavy atom. The Kier molecular flexibility index (Phi) is 2.04. The zero-order chi connectivity index (χ0) is 11.0. The number of fused-ring (bicyclic) bond motifs is 1. The van der Waals surface area contributed by atoms with E-state index < -0.39 is 11.9 Å². The average Bonchev–Trinajstić information content (AvgIpc) is 2.59. The van der Waals surface area contributed by atoms with Crippen LogP contribution < -0.4 is 5.73 Å². The largest absolute Gasteiger partial charge is 0.478 e. The average molecular weight is 203 g/mol. The number of carboxylic acid groups (broad SMARTS) is 1. The van der Waals surface area contributed by atoms with Crippen LogP contribution in [0.4, 0.5) is 0 Å². The molecule has 0 fully saturated rings. The number of hydrogen-bond donors (Lipinski definition) is 2. The monoisotopic (exact) mass is 203 g/mol. The zero-order valence-electron chi connectivity index (χ0n) is 7.86. The summed E-state index contributed by atoms with van der Waals surface area (Å²) in [7, 11) is 0. The van der Waals surface area contributed by atoms with Gasteiger partial charge in [0.2, 0.25) is 5.91 Å². The van der Waals surface area contributed by atoms with Crippen LogP contribution in [-0.4, -0.2) is 17.0 Å². The maximum Gasteiger partial charge on any atom is 0.335 e. The summed E-state index contributed by atoms with van der Waals surface area (Å²) >= 11 is 0. The molecule has 1 aromatic rings. The quantitative estimate of drug-likeness (QED) is 0.746. The third-order valence-corrected chi connectivity index (χ3v) is 2.42. The fourth-order valence-electron chi connectivity index (χ4n) is 1.63. The maximum atomic E-state index is 10.9. The number of rotatable bonds is 2. The van der Waals surface area contributed by atoms with Gasteiger partial charge in [-0.2, -0.15) is 0 Å². The van der Waals surface area contributed by atoms with E-state index in [9.17, 15) is 9.59 Å². The summed E-state index contributed by atoms with van der Waals surface area (Å²) in [6, 6.07) is 4.79. The van der Waals surface area contributed by atoms with E-state index in [1.54, 1.807) is 18.2 Å². The minimum Gasteiger partial charge on any atom is -0.478 e. The molecule has 15 heavy (non-hydrogen) atoms. The van der Waals surface area contributed by atoms with Crippen LogP contribution in [0.25, 0.3) is 6.08 Å². The number of carbonyl (C=O) groups excluding carboxylic acids is 1. The second kappa shape index (κ2) is 3.24. The fraction of sp³-hybridized carbons (Fsp3) is 0.0909. The molecule has 3 N–H and O–H groups in total. The molecular weight excluding hydrogens is 194 g/mol. The van der Waals surface area contributed by atoms with Crippen molar-refractivity contribution in [1.29, 1.82) is 0 Å². The molecule has 0 atom stereocenters. The van der Waals surface area contributed by atoms with Gasteiger partial charge in [-0.3, -0.25) is 4.79 Å². The van der Waals surface area contributed by atoms with Crippen molar-refractivity contribution in [2.24, 2.45) is 5.73 Å². The lowest BCUT2D eigenvalue weighted by atomic mass is 10.1. The van der Waals surface area contributed by atoms with Crippen LogP contribution in [0.1, 0.15) is 21.5 Å². The number of primary amides is 1. The molecular formula is C11H9NO3. The van der Waals surface area contributed by atoms with Crippen molar-refractivity contribution in [3.63, 3.8) is 0 Å². The molecule has 0 bridgehead atoms. The van der Waals surface area contributed by atoms with Crippen molar-refractivity contribution in [3.05, 3.63) is 40.5 Å². The summed E-state index contributed by atoms with van der Waals surface area (Å²) < 4.78 is 0. The summed E-state index contributed by atoms with van der Waals surface area (Å²) in [4.78, 5) is 21.6. The predicted octanol–water partition coefficient (Wildman–Crippen LogP) is 0.810. The molecule has 0 unspecified atom stereocenters. The van der Waals surface area contributed by atoms with Gasteiger partial charge in [0.25, 0.3) is 0 Å². The number of amides is 1. The standard InChI is InChI=1S/C11H9NO3/c12-10(13)9-3-6-1-2-7(11(14)15)4-8(6)5-9/h1-2,4-5H,3H2,(H2,12,13)(H,14,15). The lowest BCUT2D eigenvalue weighted by Gasteiger charge is -1.99. The van der Waals surface area contributed by atoms with Gasteiger partial charge in [-0.1, -0.05) is 6.07 Å². The Morgan fingerprint density at radius 1 is 1.33 bits per heavy atom. The van der Waals surface area contributed by atoms with Gasteiger partial charge in [-0.05, 0) is 29.3 Å². The molecule has 1 aromatic carbocycles. The molecule has 4 nitrogen and oxygen atoms in total. The molecule has 1 aliphatic carbocycles. The molecule has 2 rings (SSSR count). The van der Waals surface area contributed by atoms with Crippen LogP contribution >= 0.6 is 0 Å². The SMILES string of the molecule is NC(=O)C1=Cc2cc(C(=O)O)ccc2C1. The predicted molar refractivity (Wildman–Crippen MR) is 54.3 cm³/mol. The first kappa shape index (κ1) is 9.45. The van der Waals surface area contributed by atoms with Crippen molar-refractivity contribution in [3.8, 4) is 0 Å². The van der Waals surface area contributed by atoms with E-state index in [1.165, 1.54) is 6.07 Å². The van der Waals surface area contributed by atoms with Gasteiger partial charge in [-0.15, -0.1) is 0 Å². The second-order valence-corrected chi connectivity index (χ2v) is 3.43. The van der Waals surface area contributed by atoms with Gasteiger partial charge in [0.05, 0.1) is 5.56 Å². The number of carbonyl (C=O) groups is 2. The number of aromatic carboxylic acids is 1. The molecule has 1 amide bonds. The van der Waals surface area contributed by atoms with E-state index in [0.717, 1.165) is 11.1 Å². The van der Waals surface area contributed by atoms with Crippen LogP contribution in [0.2, 0.25) is 0 Å². The second-order valence-electron chi connectivity index (χ2n) is 3.43. The first-order chi connectivity index (χ1) is 7.08. The smallest absolute Gasteiger partial charge is 0.335 e. The lowest BCUT2D eigenvalue weighted by Crippen LogP contribution is -2.13. The van der Waals surface area contributed by atoms with E-state index in [2.05, 4.69) is 0 Å². The highest BCUT2D eigenvalue weighted by atomic mass is 16.4. The highest BCUT2D eigenvalue weighted by molar-refractivity contribution is 6.00. The fourth-order valence-corrected chi connectivity index (χ4v) is 1.63. The highest BCUT2D eigenvalue weighted by Gasteiger charge is 2.17. The molecule has 0 saturated heterocycles. The lowest BCUT2D eigenvalue weighted by molar-refractivity contribution is -0.114. The van der Waals surface area contributed by atoms with Crippen LogP contribution in [0.15, 0.2) is 23.8 Å². The van der Waals surface area contributed by atoms with E-state index >= 15 is 0 Å². The van der Waals surface area contributed by atoms with Crippen LogP contribution in [0.3, 0.4) is 0 Å². The number of benzene rings is 1. The number of hydrogen-bond acceptors (Lipinski definition) is 2. The summed E-state index contributed by atoms with van der Waals surface area (Å²) in [5, 5.41) is 8.78. The summed E-state index contributed by atoms with van der Waals surface area (Å²) in [6.07, 6.45) is 2.13. The number of carboxylic acids is 1. The van der Waals surface area contributed by atoms with Gasteiger partial charge < -0.3 is 10.8 Å². The minimum atomic E-state index is -0.973. The summed E-state index contributed by atoms with van der Waals surface area (Å²) in [5.41, 5.74) is 7.60. The zero-order valence-corrected chi connectivity index (χ0v) is 7.86. The van der Waals surface area contributed by atoms with E-state index in [1.807, 2.05) is 0 Å². The third kappa shape index (κ3) is 1.61. The molecule has 0 heterocycles. The Hall–Kier alpha value is -2.10. The maximum absolute atomic E-state index is 10.9. The van der Waals surface area contributed by atoms with Gasteiger partial charge in [0.15, 0.2) is 0 Å². The third-order valence-electron chi connectivity index (χ3n) is 2.42. The van der Waals surface area contributed by atoms with E-state index in [0.29, 0.717) is 12.0 Å². The summed E-state index contributed by atoms with van der Waals surface area (Å²) in [6.45, 7) is 0. The molecule has 0 spiro atoms. The van der Waals surface area contributed by atoms with Crippen LogP contribution in [-0.2, 0) is 11.2 Å².